The third-order valence-electron chi connectivity index (χ3n) is 3.83. The van der Waals surface area contributed by atoms with Crippen molar-refractivity contribution in [2.24, 2.45) is 12.8 Å². The maximum Gasteiger partial charge on any atom is 0.274 e. The first-order valence-corrected chi connectivity index (χ1v) is 6.79. The Kier molecular flexibility index (Phi) is 3.28. The molecule has 1 aromatic heterocycles. The third-order valence-corrected chi connectivity index (χ3v) is 3.83. The summed E-state index contributed by atoms with van der Waals surface area (Å²) in [6.07, 6.45) is 2.65. The van der Waals surface area contributed by atoms with Crippen LogP contribution in [0.4, 0.5) is 0 Å². The molecule has 2 aromatic rings. The first kappa shape index (κ1) is 12.9. The van der Waals surface area contributed by atoms with Crippen LogP contribution in [-0.2, 0) is 13.5 Å². The SMILES string of the molecule is Cn1ccc(C(=O)N2CCc3ccccc3C2CN)n1. The first-order valence-electron chi connectivity index (χ1n) is 6.79. The summed E-state index contributed by atoms with van der Waals surface area (Å²) in [6.45, 7) is 1.11. The molecule has 0 aliphatic carbocycles. The minimum atomic E-state index is -0.0607. The molecule has 2 N–H and O–H groups in total. The van der Waals surface area contributed by atoms with Crippen molar-refractivity contribution in [3.8, 4) is 0 Å². The van der Waals surface area contributed by atoms with E-state index in [1.54, 1.807) is 16.9 Å². The van der Waals surface area contributed by atoms with E-state index in [2.05, 4.69) is 17.2 Å². The fourth-order valence-electron chi connectivity index (χ4n) is 2.83. The van der Waals surface area contributed by atoms with E-state index < -0.39 is 0 Å². The fourth-order valence-corrected chi connectivity index (χ4v) is 2.83. The molecule has 0 spiro atoms. The van der Waals surface area contributed by atoms with Gasteiger partial charge in [-0.25, -0.2) is 0 Å². The van der Waals surface area contributed by atoms with Gasteiger partial charge in [0.05, 0.1) is 6.04 Å². The average Bonchev–Trinajstić information content (AvgIpc) is 2.91. The van der Waals surface area contributed by atoms with Crippen LogP contribution in [0.3, 0.4) is 0 Å². The van der Waals surface area contributed by atoms with Gasteiger partial charge < -0.3 is 10.6 Å². The summed E-state index contributed by atoms with van der Waals surface area (Å²) in [5, 5.41) is 4.20. The van der Waals surface area contributed by atoms with Gasteiger partial charge in [0.15, 0.2) is 0 Å². The van der Waals surface area contributed by atoms with Gasteiger partial charge in [-0.3, -0.25) is 9.48 Å². The Morgan fingerprint density at radius 2 is 2.20 bits per heavy atom. The predicted octanol–water partition coefficient (Wildman–Crippen LogP) is 1.12. The minimum Gasteiger partial charge on any atom is -0.329 e. The van der Waals surface area contributed by atoms with E-state index in [4.69, 9.17) is 5.73 Å². The summed E-state index contributed by atoms with van der Waals surface area (Å²) < 4.78 is 1.64. The predicted molar refractivity (Wildman–Crippen MR) is 76.2 cm³/mol. The molecule has 3 rings (SSSR count). The Hall–Kier alpha value is -2.14. The number of benzene rings is 1. The van der Waals surface area contributed by atoms with E-state index in [0.29, 0.717) is 18.8 Å². The van der Waals surface area contributed by atoms with E-state index in [1.807, 2.05) is 24.1 Å². The molecular weight excluding hydrogens is 252 g/mol. The van der Waals surface area contributed by atoms with Crippen LogP contribution in [0.15, 0.2) is 36.5 Å². The maximum atomic E-state index is 12.6. The lowest BCUT2D eigenvalue weighted by Crippen LogP contribution is -2.43. The molecule has 1 amide bonds. The quantitative estimate of drug-likeness (QED) is 0.889. The van der Waals surface area contributed by atoms with Gasteiger partial charge >= 0.3 is 0 Å². The highest BCUT2D eigenvalue weighted by atomic mass is 16.2. The molecule has 0 bridgehead atoms. The second-order valence-corrected chi connectivity index (χ2v) is 5.07. The normalized spacial score (nSPS) is 17.9. The molecular formula is C15H18N4O. The van der Waals surface area contributed by atoms with Gasteiger partial charge in [0.25, 0.3) is 5.91 Å². The summed E-state index contributed by atoms with van der Waals surface area (Å²) >= 11 is 0. The van der Waals surface area contributed by atoms with Crippen molar-refractivity contribution >= 4 is 5.91 Å². The van der Waals surface area contributed by atoms with Crippen molar-refractivity contribution in [1.29, 1.82) is 0 Å². The molecule has 1 unspecified atom stereocenters. The zero-order valence-corrected chi connectivity index (χ0v) is 11.5. The Morgan fingerprint density at radius 3 is 2.90 bits per heavy atom. The summed E-state index contributed by atoms with van der Waals surface area (Å²) in [6, 6.07) is 9.88. The van der Waals surface area contributed by atoms with Crippen LogP contribution in [0, 0.1) is 0 Å². The van der Waals surface area contributed by atoms with Crippen LogP contribution in [0.2, 0.25) is 0 Å². The number of amides is 1. The van der Waals surface area contributed by atoms with Crippen molar-refractivity contribution in [3.05, 3.63) is 53.3 Å². The highest BCUT2D eigenvalue weighted by Gasteiger charge is 2.31. The molecule has 2 heterocycles. The van der Waals surface area contributed by atoms with Crippen molar-refractivity contribution in [1.82, 2.24) is 14.7 Å². The molecule has 0 saturated heterocycles. The van der Waals surface area contributed by atoms with Crippen molar-refractivity contribution < 1.29 is 4.79 Å². The molecule has 0 radical (unpaired) electrons. The van der Waals surface area contributed by atoms with E-state index >= 15 is 0 Å². The number of fused-ring (bicyclic) bond motifs is 1. The summed E-state index contributed by atoms with van der Waals surface area (Å²) in [5.74, 6) is -0.0458. The van der Waals surface area contributed by atoms with Crippen LogP contribution in [0.1, 0.15) is 27.7 Å². The minimum absolute atomic E-state index is 0.0458. The highest BCUT2D eigenvalue weighted by Crippen LogP contribution is 2.29. The molecule has 104 valence electrons. The zero-order chi connectivity index (χ0) is 14.1. The number of aromatic nitrogens is 2. The van der Waals surface area contributed by atoms with E-state index in [9.17, 15) is 4.79 Å². The van der Waals surface area contributed by atoms with Crippen molar-refractivity contribution in [3.63, 3.8) is 0 Å². The Balaban J connectivity index is 1.93. The van der Waals surface area contributed by atoms with Crippen molar-refractivity contribution in [2.75, 3.05) is 13.1 Å². The lowest BCUT2D eigenvalue weighted by atomic mass is 9.92. The van der Waals surface area contributed by atoms with Crippen LogP contribution in [-0.4, -0.2) is 33.7 Å². The number of carbonyl (C=O) groups is 1. The Morgan fingerprint density at radius 1 is 1.40 bits per heavy atom. The zero-order valence-electron chi connectivity index (χ0n) is 11.5. The van der Waals surface area contributed by atoms with Gasteiger partial charge in [-0.1, -0.05) is 24.3 Å². The number of hydrogen-bond donors (Lipinski definition) is 1. The number of hydrogen-bond acceptors (Lipinski definition) is 3. The lowest BCUT2D eigenvalue weighted by Gasteiger charge is -2.36. The second-order valence-electron chi connectivity index (χ2n) is 5.07. The van der Waals surface area contributed by atoms with Gasteiger partial charge in [-0.15, -0.1) is 0 Å². The largest absolute Gasteiger partial charge is 0.329 e. The molecule has 1 aliphatic heterocycles. The van der Waals surface area contributed by atoms with Crippen LogP contribution >= 0.6 is 0 Å². The van der Waals surface area contributed by atoms with Gasteiger partial charge in [-0.05, 0) is 23.6 Å². The van der Waals surface area contributed by atoms with E-state index in [1.165, 1.54) is 5.56 Å². The maximum absolute atomic E-state index is 12.6. The van der Waals surface area contributed by atoms with Gasteiger partial charge in [-0.2, -0.15) is 5.10 Å². The van der Waals surface area contributed by atoms with Crippen molar-refractivity contribution in [2.45, 2.75) is 12.5 Å². The van der Waals surface area contributed by atoms with Crippen LogP contribution in [0.25, 0.3) is 0 Å². The highest BCUT2D eigenvalue weighted by molar-refractivity contribution is 5.92. The average molecular weight is 270 g/mol. The molecule has 1 aliphatic rings. The molecule has 0 fully saturated rings. The monoisotopic (exact) mass is 270 g/mol. The molecule has 0 saturated carbocycles. The van der Waals surface area contributed by atoms with Crippen LogP contribution < -0.4 is 5.73 Å². The molecule has 1 atom stereocenters. The molecule has 20 heavy (non-hydrogen) atoms. The van der Waals surface area contributed by atoms with E-state index in [0.717, 1.165) is 12.0 Å². The molecule has 1 aromatic carbocycles. The van der Waals surface area contributed by atoms with E-state index in [-0.39, 0.29) is 11.9 Å². The number of carbonyl (C=O) groups excluding carboxylic acids is 1. The summed E-state index contributed by atoms with van der Waals surface area (Å²) in [4.78, 5) is 14.4. The lowest BCUT2D eigenvalue weighted by molar-refractivity contribution is 0.0661. The third kappa shape index (κ3) is 2.10. The van der Waals surface area contributed by atoms with Gasteiger partial charge in [0, 0.05) is 26.3 Å². The fraction of sp³-hybridized carbons (Fsp3) is 0.333. The number of nitrogens with two attached hydrogens (primary N) is 1. The Bertz CT molecular complexity index is 634. The topological polar surface area (TPSA) is 64.2 Å². The van der Waals surface area contributed by atoms with Crippen LogP contribution in [0.5, 0.6) is 0 Å². The molecule has 5 nitrogen and oxygen atoms in total. The standard InChI is InChI=1S/C15H18N4O/c1-18-8-7-13(17-18)15(20)19-9-6-11-4-2-3-5-12(11)14(19)10-16/h2-5,7-8,14H,6,9-10,16H2,1H3. The molecule has 5 heteroatoms. The number of aryl methyl sites for hydroxylation is 1. The number of nitrogens with zero attached hydrogens (tertiary/aromatic N) is 3. The summed E-state index contributed by atoms with van der Waals surface area (Å²) in [7, 11) is 1.81. The smallest absolute Gasteiger partial charge is 0.274 e. The number of rotatable bonds is 2. The van der Waals surface area contributed by atoms with Gasteiger partial charge in [0.1, 0.15) is 5.69 Å². The van der Waals surface area contributed by atoms with Gasteiger partial charge in [0.2, 0.25) is 0 Å². The summed E-state index contributed by atoms with van der Waals surface area (Å²) in [5.41, 5.74) is 8.83. The Labute approximate surface area is 118 Å². The second kappa shape index (κ2) is 5.09. The first-order chi connectivity index (χ1) is 9.70.